The Morgan fingerprint density at radius 2 is 1.92 bits per heavy atom. The van der Waals surface area contributed by atoms with E-state index in [-0.39, 0.29) is 43.3 Å². The predicted octanol–water partition coefficient (Wildman–Crippen LogP) is 4.13. The molecule has 0 aliphatic carbocycles. The lowest BCUT2D eigenvalue weighted by atomic mass is 9.88. The van der Waals surface area contributed by atoms with Crippen LogP contribution in [0.3, 0.4) is 0 Å². The van der Waals surface area contributed by atoms with Crippen LogP contribution in [0.25, 0.3) is 0 Å². The number of esters is 1. The van der Waals surface area contributed by atoms with Crippen molar-refractivity contribution in [1.82, 2.24) is 9.80 Å². The van der Waals surface area contributed by atoms with Crippen LogP contribution >= 0.6 is 0 Å². The summed E-state index contributed by atoms with van der Waals surface area (Å²) in [5.74, 6) is -0.947. The van der Waals surface area contributed by atoms with Gasteiger partial charge in [0.25, 0.3) is 0 Å². The summed E-state index contributed by atoms with van der Waals surface area (Å²) in [7, 11) is 0. The van der Waals surface area contributed by atoms with Crippen LogP contribution in [0.15, 0.2) is 36.0 Å². The number of hydrogen-bond donors (Lipinski definition) is 4. The van der Waals surface area contributed by atoms with Crippen LogP contribution in [0.1, 0.15) is 93.9 Å². The highest BCUT2D eigenvalue weighted by Crippen LogP contribution is 2.37. The Morgan fingerprint density at radius 1 is 1.21 bits per heavy atom. The molecule has 10 atom stereocenters. The highest BCUT2D eigenvalue weighted by molar-refractivity contribution is 5.70. The molecule has 2 fully saturated rings. The Kier molecular flexibility index (Phi) is 14.7. The molecule has 0 saturated carbocycles. The lowest BCUT2D eigenvalue weighted by molar-refractivity contribution is -0.151. The van der Waals surface area contributed by atoms with Crippen molar-refractivity contribution >= 4 is 12.1 Å². The van der Waals surface area contributed by atoms with Crippen molar-refractivity contribution in [2.24, 2.45) is 11.8 Å². The molecule has 1 amide bonds. The van der Waals surface area contributed by atoms with E-state index in [0.717, 1.165) is 19.5 Å². The highest BCUT2D eigenvalue weighted by atomic mass is 16.6. The van der Waals surface area contributed by atoms with Gasteiger partial charge in [-0.2, -0.15) is 0 Å². The maximum absolute atomic E-state index is 13.3. The van der Waals surface area contributed by atoms with E-state index in [1.807, 2.05) is 27.7 Å². The summed E-state index contributed by atoms with van der Waals surface area (Å²) in [6.07, 6.45) is 6.57. The molecular weight excluding hydrogens is 616 g/mol. The number of ether oxygens (including phenoxy) is 3. The van der Waals surface area contributed by atoms with Crippen molar-refractivity contribution < 1.29 is 44.2 Å². The quantitative estimate of drug-likeness (QED) is 0.115. The summed E-state index contributed by atoms with van der Waals surface area (Å²) >= 11 is 0. The number of aliphatic hydroxyl groups excluding tert-OH is 2. The minimum absolute atomic E-state index is 0.0115. The van der Waals surface area contributed by atoms with Crippen LogP contribution in [0.5, 0.6) is 0 Å². The van der Waals surface area contributed by atoms with Gasteiger partial charge in [-0.1, -0.05) is 45.1 Å². The summed E-state index contributed by atoms with van der Waals surface area (Å²) in [5, 5.41) is 43.3. The second-order valence-electron chi connectivity index (χ2n) is 15.0. The molecule has 0 aromatic carbocycles. The second kappa shape index (κ2) is 17.6. The van der Waals surface area contributed by atoms with Crippen molar-refractivity contribution in [3.05, 3.63) is 36.0 Å². The van der Waals surface area contributed by atoms with Gasteiger partial charge in [0.05, 0.1) is 36.4 Å². The van der Waals surface area contributed by atoms with Gasteiger partial charge in [-0.3, -0.25) is 9.69 Å². The van der Waals surface area contributed by atoms with Gasteiger partial charge in [0.1, 0.15) is 11.7 Å². The van der Waals surface area contributed by atoms with Crippen molar-refractivity contribution in [1.29, 1.82) is 0 Å². The number of hydrogen-bond acceptors (Lipinski definition) is 10. The topological polar surface area (TPSA) is 153 Å². The van der Waals surface area contributed by atoms with Gasteiger partial charge >= 0.3 is 12.1 Å². The number of epoxide rings is 1. The summed E-state index contributed by atoms with van der Waals surface area (Å²) in [6, 6.07) is 0.382. The van der Waals surface area contributed by atoms with E-state index in [4.69, 9.17) is 14.2 Å². The molecule has 2 saturated heterocycles. The van der Waals surface area contributed by atoms with Gasteiger partial charge in [-0.05, 0) is 72.0 Å². The second-order valence-corrected chi connectivity index (χ2v) is 15.0. The molecule has 3 heterocycles. The first-order chi connectivity index (χ1) is 22.4. The van der Waals surface area contributed by atoms with E-state index >= 15 is 0 Å². The number of cyclic esters (lactones) is 1. The van der Waals surface area contributed by atoms with Gasteiger partial charge in [-0.15, -0.1) is 0 Å². The van der Waals surface area contributed by atoms with E-state index < -0.39 is 47.7 Å². The first kappa shape index (κ1) is 40.2. The molecule has 11 nitrogen and oxygen atoms in total. The highest BCUT2D eigenvalue weighted by Gasteiger charge is 2.47. The van der Waals surface area contributed by atoms with Crippen LogP contribution in [-0.4, -0.2) is 122 Å². The summed E-state index contributed by atoms with van der Waals surface area (Å²) in [4.78, 5) is 30.2. The molecule has 4 N–H and O–H groups in total. The number of carbonyl (C=O) groups excluding carboxylic acids is 2. The van der Waals surface area contributed by atoms with Crippen molar-refractivity contribution in [3.8, 4) is 0 Å². The molecule has 3 aliphatic rings. The van der Waals surface area contributed by atoms with Gasteiger partial charge in [-0.25, -0.2) is 4.79 Å². The third kappa shape index (κ3) is 11.9. The first-order valence-electron chi connectivity index (χ1n) is 17.8. The number of amides is 1. The van der Waals surface area contributed by atoms with Crippen molar-refractivity contribution in [3.63, 3.8) is 0 Å². The van der Waals surface area contributed by atoms with Crippen LogP contribution in [0.2, 0.25) is 0 Å². The largest absolute Gasteiger partial charge is 0.457 e. The minimum atomic E-state index is -1.49. The Morgan fingerprint density at radius 3 is 2.58 bits per heavy atom. The molecule has 0 aromatic rings. The molecule has 10 unspecified atom stereocenters. The maximum atomic E-state index is 13.3. The third-order valence-corrected chi connectivity index (χ3v) is 10.1. The van der Waals surface area contributed by atoms with Crippen molar-refractivity contribution in [2.45, 2.75) is 148 Å². The van der Waals surface area contributed by atoms with Gasteiger partial charge in [0, 0.05) is 50.5 Å². The molecule has 11 heteroatoms. The molecule has 48 heavy (non-hydrogen) atoms. The third-order valence-electron chi connectivity index (χ3n) is 10.1. The normalized spacial score (nSPS) is 34.7. The van der Waals surface area contributed by atoms with E-state index in [2.05, 4.69) is 18.7 Å². The fraction of sp³-hybridized carbons (Fsp3) is 0.784. The van der Waals surface area contributed by atoms with Gasteiger partial charge in [0.2, 0.25) is 0 Å². The first-order valence-corrected chi connectivity index (χ1v) is 17.8. The average Bonchev–Trinajstić information content (AvgIpc) is 3.81. The molecule has 274 valence electrons. The monoisotopic (exact) mass is 678 g/mol. The predicted molar refractivity (Wildman–Crippen MR) is 184 cm³/mol. The SMILES string of the molecule is CCC(O)C(C)C1OC1CC(C)(O)/C=C/C=C(\C)C1OC(=O)CC(O)CCC(C)(O)C(OC(=O)N2CCCN(C(C)C)CC2)/C=C/C1C. The van der Waals surface area contributed by atoms with E-state index in [0.29, 0.717) is 37.5 Å². The summed E-state index contributed by atoms with van der Waals surface area (Å²) in [6.45, 7) is 17.9. The van der Waals surface area contributed by atoms with Gasteiger partial charge < -0.3 is 39.5 Å². The van der Waals surface area contributed by atoms with Crippen LogP contribution in [0, 0.1) is 11.8 Å². The zero-order valence-corrected chi connectivity index (χ0v) is 30.4. The molecule has 3 rings (SSSR count). The van der Waals surface area contributed by atoms with Crippen LogP contribution in [0.4, 0.5) is 4.79 Å². The number of allylic oxidation sites excluding steroid dienone is 2. The fourth-order valence-electron chi connectivity index (χ4n) is 6.62. The number of rotatable bonds is 10. The van der Waals surface area contributed by atoms with Crippen LogP contribution < -0.4 is 0 Å². The molecule has 0 radical (unpaired) electrons. The number of nitrogens with zero attached hydrogens (tertiary/aromatic N) is 2. The zero-order valence-electron chi connectivity index (χ0n) is 30.4. The number of carbonyl (C=O) groups is 2. The Bertz CT molecular complexity index is 1150. The standard InChI is InChI=1S/C37H62N2O9/c1-9-29(41)27(6)34-30(46-34)23-36(7,44)16-10-12-25(4)33-26(5)13-14-31(37(8,45)17-15-28(40)22-32(42)48-33)47-35(43)39-19-11-18-38(20-21-39)24(2)3/h10,12-14,16,24,26-31,33-34,40-41,44-45H,9,11,15,17-23H2,1-8H3/b14-13+,16-10+,25-12+. The lowest BCUT2D eigenvalue weighted by Crippen LogP contribution is -2.46. The smallest absolute Gasteiger partial charge is 0.410 e. The summed E-state index contributed by atoms with van der Waals surface area (Å²) in [5.41, 5.74) is -1.94. The van der Waals surface area contributed by atoms with Gasteiger partial charge in [0.15, 0.2) is 6.10 Å². The Balaban J connectivity index is 1.75. The fourth-order valence-corrected chi connectivity index (χ4v) is 6.62. The van der Waals surface area contributed by atoms with Crippen LogP contribution in [-0.2, 0) is 19.0 Å². The molecule has 0 aromatic heterocycles. The van der Waals surface area contributed by atoms with Crippen molar-refractivity contribution in [2.75, 3.05) is 26.2 Å². The molecule has 0 spiro atoms. The Labute approximate surface area is 287 Å². The summed E-state index contributed by atoms with van der Waals surface area (Å²) < 4.78 is 17.6. The number of aliphatic hydroxyl groups is 4. The minimum Gasteiger partial charge on any atom is -0.457 e. The maximum Gasteiger partial charge on any atom is 0.410 e. The molecule has 0 bridgehead atoms. The van der Waals surface area contributed by atoms with E-state index in [9.17, 15) is 30.0 Å². The lowest BCUT2D eigenvalue weighted by Gasteiger charge is -2.34. The molecular formula is C37H62N2O9. The zero-order chi connectivity index (χ0) is 35.8. The molecule has 3 aliphatic heterocycles. The Hall–Kier alpha value is -2.28. The van der Waals surface area contributed by atoms with E-state index in [1.54, 1.807) is 49.1 Å². The average molecular weight is 679 g/mol. The van der Waals surface area contributed by atoms with E-state index in [1.165, 1.54) is 0 Å².